The zero-order valence-electron chi connectivity index (χ0n) is 11.1. The summed E-state index contributed by atoms with van der Waals surface area (Å²) in [6.45, 7) is 1.76. The average Bonchev–Trinajstić information content (AvgIpc) is 2.40. The van der Waals surface area contributed by atoms with Gasteiger partial charge < -0.3 is 15.7 Å². The third-order valence-electron chi connectivity index (χ3n) is 2.59. The van der Waals surface area contributed by atoms with Gasteiger partial charge in [-0.15, -0.1) is 0 Å². The SMILES string of the molecule is CCC[C@@H](NC(=O)Nc1ccc([N+](=O)[O-])cc1F)C(=O)O. The van der Waals surface area contributed by atoms with Crippen LogP contribution in [0.3, 0.4) is 0 Å². The zero-order chi connectivity index (χ0) is 16.0. The number of hydrogen-bond acceptors (Lipinski definition) is 4. The molecule has 0 saturated carbocycles. The number of carbonyl (C=O) groups is 2. The third kappa shape index (κ3) is 4.71. The van der Waals surface area contributed by atoms with Crippen LogP contribution in [0.5, 0.6) is 0 Å². The van der Waals surface area contributed by atoms with Gasteiger partial charge in [-0.1, -0.05) is 13.3 Å². The maximum absolute atomic E-state index is 13.6. The standard InChI is InChI=1S/C12H14FN3O5/c1-2-3-10(11(17)18)15-12(19)14-9-5-4-7(16(20)21)6-8(9)13/h4-6,10H,2-3H2,1H3,(H,17,18)(H2,14,15,19)/t10-/m1/s1. The Kier molecular flexibility index (Phi) is 5.58. The van der Waals surface area contributed by atoms with Gasteiger partial charge in [0.2, 0.25) is 0 Å². The van der Waals surface area contributed by atoms with Gasteiger partial charge in [0.1, 0.15) is 6.04 Å². The number of amides is 2. The maximum atomic E-state index is 13.6. The molecule has 0 fully saturated rings. The molecule has 0 heterocycles. The van der Waals surface area contributed by atoms with E-state index in [1.807, 2.05) is 0 Å². The van der Waals surface area contributed by atoms with Gasteiger partial charge in [0.15, 0.2) is 5.82 Å². The molecule has 0 saturated heterocycles. The van der Waals surface area contributed by atoms with Crippen molar-refractivity contribution in [3.63, 3.8) is 0 Å². The highest BCUT2D eigenvalue weighted by molar-refractivity contribution is 5.92. The minimum absolute atomic E-state index is 0.228. The third-order valence-corrected chi connectivity index (χ3v) is 2.59. The molecule has 1 aromatic carbocycles. The van der Waals surface area contributed by atoms with E-state index in [4.69, 9.17) is 5.11 Å². The van der Waals surface area contributed by atoms with Gasteiger partial charge in [-0.2, -0.15) is 0 Å². The fraction of sp³-hybridized carbons (Fsp3) is 0.333. The smallest absolute Gasteiger partial charge is 0.326 e. The molecule has 1 aromatic rings. The first-order chi connectivity index (χ1) is 9.85. The van der Waals surface area contributed by atoms with Crippen molar-refractivity contribution in [2.24, 2.45) is 0 Å². The molecule has 114 valence electrons. The number of carbonyl (C=O) groups excluding carboxylic acids is 1. The quantitative estimate of drug-likeness (QED) is 0.548. The minimum atomic E-state index is -1.20. The Morgan fingerprint density at radius 2 is 2.14 bits per heavy atom. The normalized spacial score (nSPS) is 11.5. The zero-order valence-corrected chi connectivity index (χ0v) is 11.1. The van der Waals surface area contributed by atoms with Crippen LogP contribution in [0.25, 0.3) is 0 Å². The maximum Gasteiger partial charge on any atom is 0.326 e. The average molecular weight is 299 g/mol. The molecular weight excluding hydrogens is 285 g/mol. The number of nitrogens with zero attached hydrogens (tertiary/aromatic N) is 1. The van der Waals surface area contributed by atoms with E-state index in [0.717, 1.165) is 12.1 Å². The molecule has 1 atom stereocenters. The number of hydrogen-bond donors (Lipinski definition) is 3. The van der Waals surface area contributed by atoms with E-state index in [1.54, 1.807) is 6.92 Å². The lowest BCUT2D eigenvalue weighted by molar-refractivity contribution is -0.385. The van der Waals surface area contributed by atoms with Gasteiger partial charge >= 0.3 is 12.0 Å². The summed E-state index contributed by atoms with van der Waals surface area (Å²) in [4.78, 5) is 32.1. The van der Waals surface area contributed by atoms with Crippen LogP contribution >= 0.6 is 0 Å². The van der Waals surface area contributed by atoms with Gasteiger partial charge in [-0.25, -0.2) is 14.0 Å². The lowest BCUT2D eigenvalue weighted by Crippen LogP contribution is -2.43. The number of nitro benzene ring substituents is 1. The number of rotatable bonds is 6. The minimum Gasteiger partial charge on any atom is -0.480 e. The number of anilines is 1. The second-order valence-electron chi connectivity index (χ2n) is 4.20. The fourth-order valence-electron chi connectivity index (χ4n) is 1.58. The highest BCUT2D eigenvalue weighted by atomic mass is 19.1. The molecule has 0 aliphatic heterocycles. The van der Waals surface area contributed by atoms with Crippen LogP contribution in [0.15, 0.2) is 18.2 Å². The van der Waals surface area contributed by atoms with Gasteiger partial charge in [0.05, 0.1) is 16.7 Å². The van der Waals surface area contributed by atoms with E-state index < -0.39 is 34.5 Å². The number of carboxylic acid groups (broad SMARTS) is 1. The summed E-state index contributed by atoms with van der Waals surface area (Å²) in [5.74, 6) is -2.18. The van der Waals surface area contributed by atoms with Crippen molar-refractivity contribution < 1.29 is 24.0 Å². The van der Waals surface area contributed by atoms with Gasteiger partial charge in [-0.3, -0.25) is 10.1 Å². The number of aliphatic carboxylic acids is 1. The lowest BCUT2D eigenvalue weighted by atomic mass is 10.2. The first-order valence-corrected chi connectivity index (χ1v) is 6.09. The molecule has 0 radical (unpaired) electrons. The molecule has 8 nitrogen and oxygen atoms in total. The van der Waals surface area contributed by atoms with E-state index in [-0.39, 0.29) is 12.1 Å². The Labute approximate surface area is 119 Å². The molecular formula is C12H14FN3O5. The van der Waals surface area contributed by atoms with Crippen LogP contribution in [0.1, 0.15) is 19.8 Å². The predicted octanol–water partition coefficient (Wildman–Crippen LogP) is 2.11. The van der Waals surface area contributed by atoms with Crippen LogP contribution < -0.4 is 10.6 Å². The summed E-state index contributed by atoms with van der Waals surface area (Å²) in [7, 11) is 0. The summed E-state index contributed by atoms with van der Waals surface area (Å²) in [6.07, 6.45) is 0.772. The summed E-state index contributed by atoms with van der Waals surface area (Å²) >= 11 is 0. The highest BCUT2D eigenvalue weighted by Crippen LogP contribution is 2.20. The number of benzene rings is 1. The van der Waals surface area contributed by atoms with Crippen LogP contribution in [-0.4, -0.2) is 28.1 Å². The molecule has 3 N–H and O–H groups in total. The van der Waals surface area contributed by atoms with Crippen LogP contribution in [-0.2, 0) is 4.79 Å². The summed E-state index contributed by atoms with van der Waals surface area (Å²) < 4.78 is 13.6. The Balaban J connectivity index is 2.74. The molecule has 0 aliphatic carbocycles. The summed E-state index contributed by atoms with van der Waals surface area (Å²) in [5.41, 5.74) is -0.730. The largest absolute Gasteiger partial charge is 0.480 e. The second-order valence-corrected chi connectivity index (χ2v) is 4.20. The molecule has 0 unspecified atom stereocenters. The molecule has 9 heteroatoms. The molecule has 0 spiro atoms. The first-order valence-electron chi connectivity index (χ1n) is 6.09. The van der Waals surface area contributed by atoms with E-state index in [0.29, 0.717) is 12.5 Å². The number of non-ortho nitro benzene ring substituents is 1. The number of urea groups is 1. The molecule has 21 heavy (non-hydrogen) atoms. The number of halogens is 1. The van der Waals surface area contributed by atoms with E-state index in [9.17, 15) is 24.1 Å². The summed E-state index contributed by atoms with van der Waals surface area (Å²) in [6, 6.07) is 0.734. The summed E-state index contributed by atoms with van der Waals surface area (Å²) in [5, 5.41) is 23.6. The molecule has 0 aliphatic rings. The Bertz CT molecular complexity index is 564. The van der Waals surface area contributed by atoms with Crippen molar-refractivity contribution >= 4 is 23.4 Å². The van der Waals surface area contributed by atoms with Gasteiger partial charge in [0.25, 0.3) is 5.69 Å². The van der Waals surface area contributed by atoms with Crippen molar-refractivity contribution in [1.82, 2.24) is 5.32 Å². The highest BCUT2D eigenvalue weighted by Gasteiger charge is 2.19. The molecule has 0 bridgehead atoms. The van der Waals surface area contributed by atoms with Crippen LogP contribution in [0.4, 0.5) is 20.6 Å². The topological polar surface area (TPSA) is 122 Å². The monoisotopic (exact) mass is 299 g/mol. The fourth-order valence-corrected chi connectivity index (χ4v) is 1.58. The molecule has 1 rings (SSSR count). The first kappa shape index (κ1) is 16.3. The van der Waals surface area contributed by atoms with Crippen molar-refractivity contribution in [1.29, 1.82) is 0 Å². The molecule has 0 aromatic heterocycles. The number of carboxylic acids is 1. The van der Waals surface area contributed by atoms with Crippen LogP contribution in [0.2, 0.25) is 0 Å². The Hall–Kier alpha value is -2.71. The van der Waals surface area contributed by atoms with Crippen LogP contribution in [0, 0.1) is 15.9 Å². The second kappa shape index (κ2) is 7.17. The number of nitro groups is 1. The van der Waals surface area contributed by atoms with Gasteiger partial charge in [0, 0.05) is 6.07 Å². The van der Waals surface area contributed by atoms with Crippen molar-refractivity contribution in [3.05, 3.63) is 34.1 Å². The Morgan fingerprint density at radius 3 is 2.62 bits per heavy atom. The number of nitrogens with one attached hydrogen (secondary N) is 2. The van der Waals surface area contributed by atoms with E-state index in [2.05, 4.69) is 10.6 Å². The predicted molar refractivity (Wildman–Crippen MR) is 71.5 cm³/mol. The van der Waals surface area contributed by atoms with E-state index in [1.165, 1.54) is 0 Å². The van der Waals surface area contributed by atoms with Crippen molar-refractivity contribution in [2.45, 2.75) is 25.8 Å². The van der Waals surface area contributed by atoms with Crippen molar-refractivity contribution in [3.8, 4) is 0 Å². The van der Waals surface area contributed by atoms with E-state index >= 15 is 0 Å². The Morgan fingerprint density at radius 1 is 1.48 bits per heavy atom. The van der Waals surface area contributed by atoms with Crippen molar-refractivity contribution in [2.75, 3.05) is 5.32 Å². The lowest BCUT2D eigenvalue weighted by Gasteiger charge is -2.14. The molecule has 2 amide bonds. The van der Waals surface area contributed by atoms with Gasteiger partial charge in [-0.05, 0) is 12.5 Å².